The molecule has 0 spiro atoms. The monoisotopic (exact) mass is 397 g/mol. The van der Waals surface area contributed by atoms with Gasteiger partial charge in [-0.15, -0.1) is 5.10 Å². The Hall–Kier alpha value is -3.00. The van der Waals surface area contributed by atoms with E-state index < -0.39 is 5.97 Å². The lowest BCUT2D eigenvalue weighted by molar-refractivity contribution is 0.0462. The fraction of sp³-hybridized carbons (Fsp3) is 0.0588. The van der Waals surface area contributed by atoms with Crippen LogP contribution in [0.4, 0.5) is 0 Å². The second-order valence-electron chi connectivity index (χ2n) is 5.31. The zero-order valence-electron chi connectivity index (χ0n) is 12.9. The summed E-state index contributed by atoms with van der Waals surface area (Å²) in [6, 6.07) is 15.1. The minimum atomic E-state index is -0.438. The molecule has 2 heterocycles. The van der Waals surface area contributed by atoms with Gasteiger partial charge in [0.1, 0.15) is 0 Å². The van der Waals surface area contributed by atoms with Gasteiger partial charge in [-0.1, -0.05) is 34.1 Å². The highest BCUT2D eigenvalue weighted by atomic mass is 79.9. The summed E-state index contributed by atoms with van der Waals surface area (Å²) in [6.07, 6.45) is 1.64. The normalized spacial score (nSPS) is 10.9. The Kier molecular flexibility index (Phi) is 4.02. The number of ether oxygens (including phenoxy) is 1. The molecule has 0 aliphatic heterocycles. The van der Waals surface area contributed by atoms with Crippen LogP contribution in [-0.2, 0) is 11.3 Å². The van der Waals surface area contributed by atoms with E-state index >= 15 is 0 Å². The maximum Gasteiger partial charge on any atom is 0.340 e. The van der Waals surface area contributed by atoms with E-state index in [1.807, 2.05) is 48.5 Å². The molecule has 4 aromatic rings. The topological polar surface area (TPSA) is 85.7 Å². The molecular formula is C17H12BrN5O2. The number of nitrogens with zero attached hydrogens (tertiary/aromatic N) is 4. The maximum absolute atomic E-state index is 12.4. The lowest BCUT2D eigenvalue weighted by Crippen LogP contribution is -2.09. The van der Waals surface area contributed by atoms with Gasteiger partial charge in [0.05, 0.1) is 11.3 Å². The van der Waals surface area contributed by atoms with Crippen LogP contribution in [0.15, 0.2) is 59.2 Å². The lowest BCUT2D eigenvalue weighted by Gasteiger charge is -2.05. The summed E-state index contributed by atoms with van der Waals surface area (Å²) in [5.41, 5.74) is 2.13. The van der Waals surface area contributed by atoms with E-state index in [4.69, 9.17) is 4.74 Å². The van der Waals surface area contributed by atoms with Gasteiger partial charge in [-0.2, -0.15) is 4.68 Å². The number of esters is 1. The van der Waals surface area contributed by atoms with Crippen LogP contribution in [0.3, 0.4) is 0 Å². The van der Waals surface area contributed by atoms with Crippen molar-refractivity contribution >= 4 is 32.8 Å². The van der Waals surface area contributed by atoms with E-state index in [0.717, 1.165) is 21.1 Å². The number of hydrogen-bond acceptors (Lipinski definition) is 5. The molecule has 0 amide bonds. The van der Waals surface area contributed by atoms with Crippen molar-refractivity contribution in [2.24, 2.45) is 0 Å². The van der Waals surface area contributed by atoms with Crippen molar-refractivity contribution in [3.63, 3.8) is 0 Å². The van der Waals surface area contributed by atoms with Crippen LogP contribution in [0.2, 0.25) is 0 Å². The highest BCUT2D eigenvalue weighted by molar-refractivity contribution is 9.10. The van der Waals surface area contributed by atoms with Gasteiger partial charge >= 0.3 is 5.97 Å². The third-order valence-corrected chi connectivity index (χ3v) is 4.22. The Morgan fingerprint density at radius 1 is 1.20 bits per heavy atom. The van der Waals surface area contributed by atoms with E-state index in [-0.39, 0.29) is 6.61 Å². The highest BCUT2D eigenvalue weighted by Crippen LogP contribution is 2.23. The molecule has 0 aliphatic carbocycles. The van der Waals surface area contributed by atoms with Gasteiger partial charge in [0, 0.05) is 21.6 Å². The van der Waals surface area contributed by atoms with Crippen LogP contribution in [0.1, 0.15) is 16.2 Å². The Labute approximate surface area is 150 Å². The van der Waals surface area contributed by atoms with Crippen molar-refractivity contribution in [1.29, 1.82) is 0 Å². The van der Waals surface area contributed by atoms with Crippen LogP contribution in [0, 0.1) is 0 Å². The van der Waals surface area contributed by atoms with E-state index in [2.05, 4.69) is 36.4 Å². The predicted octanol–water partition coefficient (Wildman–Crippen LogP) is 3.26. The number of rotatable bonds is 4. The molecule has 2 aromatic carbocycles. The summed E-state index contributed by atoms with van der Waals surface area (Å²) in [5, 5.41) is 12.3. The van der Waals surface area contributed by atoms with Crippen molar-refractivity contribution < 1.29 is 9.53 Å². The number of nitrogens with one attached hydrogen (secondary N) is 1. The number of aromatic amines is 1. The van der Waals surface area contributed by atoms with Gasteiger partial charge in [-0.05, 0) is 40.8 Å². The molecular weight excluding hydrogens is 386 g/mol. The summed E-state index contributed by atoms with van der Waals surface area (Å²) >= 11 is 3.41. The van der Waals surface area contributed by atoms with Crippen molar-refractivity contribution in [3.05, 3.63) is 70.6 Å². The van der Waals surface area contributed by atoms with E-state index in [1.165, 1.54) is 0 Å². The van der Waals surface area contributed by atoms with Crippen molar-refractivity contribution in [2.75, 3.05) is 0 Å². The lowest BCUT2D eigenvalue weighted by atomic mass is 10.2. The number of carbonyl (C=O) groups excluding carboxylic acids is 1. The molecule has 0 radical (unpaired) electrons. The second-order valence-corrected chi connectivity index (χ2v) is 6.23. The average molecular weight is 398 g/mol. The Morgan fingerprint density at radius 3 is 2.88 bits per heavy atom. The number of tetrazole rings is 1. The molecule has 25 heavy (non-hydrogen) atoms. The van der Waals surface area contributed by atoms with Crippen LogP contribution >= 0.6 is 15.9 Å². The molecule has 2 aromatic heterocycles. The Morgan fingerprint density at radius 2 is 2.04 bits per heavy atom. The molecule has 124 valence electrons. The highest BCUT2D eigenvalue weighted by Gasteiger charge is 2.16. The number of para-hydroxylation sites is 1. The van der Waals surface area contributed by atoms with E-state index in [9.17, 15) is 4.79 Å². The summed E-state index contributed by atoms with van der Waals surface area (Å²) in [6.45, 7) is -0.0264. The largest absolute Gasteiger partial charge is 0.454 e. The molecule has 7 nitrogen and oxygen atoms in total. The zero-order valence-corrected chi connectivity index (χ0v) is 14.5. The van der Waals surface area contributed by atoms with E-state index in [0.29, 0.717) is 11.4 Å². The Balaban J connectivity index is 1.55. The maximum atomic E-state index is 12.4. The molecule has 1 N–H and O–H groups in total. The number of aromatic nitrogens is 5. The first-order valence-electron chi connectivity index (χ1n) is 7.49. The van der Waals surface area contributed by atoms with Crippen LogP contribution in [0.25, 0.3) is 16.6 Å². The fourth-order valence-electron chi connectivity index (χ4n) is 2.54. The summed E-state index contributed by atoms with van der Waals surface area (Å²) in [7, 11) is 0. The fourth-order valence-corrected chi connectivity index (χ4v) is 2.90. The smallest absolute Gasteiger partial charge is 0.340 e. The Bertz CT molecular complexity index is 1040. The summed E-state index contributed by atoms with van der Waals surface area (Å²) in [4.78, 5) is 15.5. The first-order chi connectivity index (χ1) is 12.2. The first-order valence-corrected chi connectivity index (χ1v) is 8.28. The number of fused-ring (bicyclic) bond motifs is 1. The number of hydrogen-bond donors (Lipinski definition) is 1. The molecule has 0 atom stereocenters. The zero-order chi connectivity index (χ0) is 17.2. The van der Waals surface area contributed by atoms with Gasteiger partial charge in [-0.3, -0.25) is 0 Å². The first kappa shape index (κ1) is 15.5. The third kappa shape index (κ3) is 3.03. The summed E-state index contributed by atoms with van der Waals surface area (Å²) < 4.78 is 7.83. The predicted molar refractivity (Wildman–Crippen MR) is 94.3 cm³/mol. The van der Waals surface area contributed by atoms with Crippen molar-refractivity contribution in [3.8, 4) is 5.69 Å². The molecule has 0 aliphatic rings. The number of benzene rings is 2. The van der Waals surface area contributed by atoms with Crippen LogP contribution in [0.5, 0.6) is 0 Å². The number of H-pyrrole nitrogens is 1. The summed E-state index contributed by atoms with van der Waals surface area (Å²) in [5.74, 6) is 0.00698. The van der Waals surface area contributed by atoms with Crippen molar-refractivity contribution in [2.45, 2.75) is 6.61 Å². The van der Waals surface area contributed by atoms with Gasteiger partial charge in [0.25, 0.3) is 0 Å². The van der Waals surface area contributed by atoms with E-state index in [1.54, 1.807) is 10.9 Å². The third-order valence-electron chi connectivity index (χ3n) is 3.73. The molecule has 4 rings (SSSR count). The molecule has 0 fully saturated rings. The SMILES string of the molecule is O=C(OCc1nnnn1-c1ccccc1)c1c[nH]c2ccc(Br)cc12. The number of halogens is 1. The molecule has 0 bridgehead atoms. The quantitative estimate of drug-likeness (QED) is 0.534. The molecule has 8 heteroatoms. The van der Waals surface area contributed by atoms with Gasteiger partial charge in [0.15, 0.2) is 12.4 Å². The standard InChI is InChI=1S/C17H12BrN5O2/c18-11-6-7-15-13(8-11)14(9-19-15)17(24)25-10-16-20-21-22-23(16)12-4-2-1-3-5-12/h1-9,19H,10H2. The minimum Gasteiger partial charge on any atom is -0.454 e. The molecule has 0 unspecified atom stereocenters. The average Bonchev–Trinajstić information content (AvgIpc) is 3.27. The van der Waals surface area contributed by atoms with Crippen LogP contribution < -0.4 is 0 Å². The second kappa shape index (κ2) is 6.48. The molecule has 0 saturated heterocycles. The number of carbonyl (C=O) groups is 1. The van der Waals surface area contributed by atoms with Gasteiger partial charge in [-0.25, -0.2) is 4.79 Å². The minimum absolute atomic E-state index is 0.0264. The molecule has 0 saturated carbocycles. The van der Waals surface area contributed by atoms with Crippen molar-refractivity contribution in [1.82, 2.24) is 25.2 Å². The van der Waals surface area contributed by atoms with Gasteiger partial charge in [0.2, 0.25) is 0 Å². The van der Waals surface area contributed by atoms with Gasteiger partial charge < -0.3 is 9.72 Å². The van der Waals surface area contributed by atoms with Crippen LogP contribution in [-0.4, -0.2) is 31.2 Å².